The van der Waals surface area contributed by atoms with Crippen molar-refractivity contribution in [3.05, 3.63) is 0 Å². The van der Waals surface area contributed by atoms with Crippen molar-refractivity contribution in [3.63, 3.8) is 0 Å². The van der Waals surface area contributed by atoms with Crippen molar-refractivity contribution < 1.29 is 21.1 Å². The first-order valence-corrected chi connectivity index (χ1v) is 0. The molecule has 0 aliphatic carbocycles. The van der Waals surface area contributed by atoms with E-state index in [0.29, 0.717) is 0 Å². The summed E-state index contributed by atoms with van der Waals surface area (Å²) in [5.41, 5.74) is 0. The molecule has 0 spiro atoms. The van der Waals surface area contributed by atoms with Crippen LogP contribution in [0.4, 0.5) is 0 Å². The third-order valence-electron chi connectivity index (χ3n) is 0. The molecule has 0 bridgehead atoms. The molecule has 0 atom stereocenters. The summed E-state index contributed by atoms with van der Waals surface area (Å²) in [4.78, 5) is 0. The predicted molar refractivity (Wildman–Crippen MR) is 22.1 cm³/mol. The average molecular weight is 255 g/mol. The first-order valence-electron chi connectivity index (χ1n) is 0. The van der Waals surface area contributed by atoms with Crippen molar-refractivity contribution in [2.45, 2.75) is 0 Å². The van der Waals surface area contributed by atoms with Crippen molar-refractivity contribution in [1.29, 1.82) is 0 Å². The third kappa shape index (κ3) is 12.6. The van der Waals surface area contributed by atoms with E-state index in [1.165, 1.54) is 0 Å². The monoisotopic (exact) mass is 255 g/mol. The molecule has 0 unspecified atom stereocenters. The summed E-state index contributed by atoms with van der Waals surface area (Å²) in [6, 6.07) is 0. The molecule has 0 fully saturated rings. The SMILES string of the molecule is N.[B].[Pt].[SiH4]. The molecule has 0 aromatic carbocycles. The summed E-state index contributed by atoms with van der Waals surface area (Å²) in [6.45, 7) is 0. The van der Waals surface area contributed by atoms with Crippen LogP contribution in [0.3, 0.4) is 0 Å². The molecule has 4 heteroatoms. The summed E-state index contributed by atoms with van der Waals surface area (Å²) >= 11 is 0. The van der Waals surface area contributed by atoms with Gasteiger partial charge in [-0.2, -0.15) is 0 Å². The minimum Gasteiger partial charge on any atom is -0.344 e. The Labute approximate surface area is 47.0 Å². The molecule has 0 rings (SSSR count). The van der Waals surface area contributed by atoms with E-state index in [2.05, 4.69) is 0 Å². The Morgan fingerprint density at radius 3 is 1.00 bits per heavy atom. The van der Waals surface area contributed by atoms with Gasteiger partial charge in [-0.25, -0.2) is 0 Å². The van der Waals surface area contributed by atoms with Crippen LogP contribution >= 0.6 is 0 Å². The fraction of sp³-hybridized carbons (Fsp3) is 0. The minimum absolute atomic E-state index is 0. The summed E-state index contributed by atoms with van der Waals surface area (Å²) < 4.78 is 0. The minimum atomic E-state index is 0. The topological polar surface area (TPSA) is 35.0 Å². The number of hydrogen-bond donors (Lipinski definition) is 1. The van der Waals surface area contributed by atoms with Crippen LogP contribution in [0.25, 0.3) is 0 Å². The zero-order valence-corrected chi connectivity index (χ0v) is 3.87. The molecule has 0 aromatic rings. The molecule has 29 valence electrons. The fourth-order valence-corrected chi connectivity index (χ4v) is 0. The largest absolute Gasteiger partial charge is 0.344 e. The maximum absolute atomic E-state index is 0. The van der Waals surface area contributed by atoms with Crippen LogP contribution in [0.1, 0.15) is 0 Å². The van der Waals surface area contributed by atoms with Crippen molar-refractivity contribution in [2.24, 2.45) is 0 Å². The van der Waals surface area contributed by atoms with E-state index in [-0.39, 0.29) is 46.6 Å². The molecule has 0 amide bonds. The molecule has 0 aromatic heterocycles. The molecular weight excluding hydrogens is 248 g/mol. The van der Waals surface area contributed by atoms with E-state index in [9.17, 15) is 0 Å². The Bertz CT molecular complexity index is 8.00. The summed E-state index contributed by atoms with van der Waals surface area (Å²) in [5, 5.41) is 0. The van der Waals surface area contributed by atoms with Crippen LogP contribution in [0, 0.1) is 0 Å². The maximum Gasteiger partial charge on any atom is 0 e. The quantitative estimate of drug-likeness (QED) is 0.516. The smallest absolute Gasteiger partial charge is 0 e. The Kier molecular flexibility index (Phi) is 858. The zero-order chi connectivity index (χ0) is 0. The Balaban J connectivity index is 0. The summed E-state index contributed by atoms with van der Waals surface area (Å²) in [7, 11) is 0. The van der Waals surface area contributed by atoms with Crippen LogP contribution < -0.4 is 6.15 Å². The summed E-state index contributed by atoms with van der Waals surface area (Å²) in [6.07, 6.45) is 0. The number of rotatable bonds is 0. The molecule has 0 saturated carbocycles. The van der Waals surface area contributed by atoms with Gasteiger partial charge in [0.25, 0.3) is 0 Å². The van der Waals surface area contributed by atoms with Gasteiger partial charge in [-0.3, -0.25) is 0 Å². The second-order valence-electron chi connectivity index (χ2n) is 0. The van der Waals surface area contributed by atoms with Gasteiger partial charge < -0.3 is 6.15 Å². The van der Waals surface area contributed by atoms with Crippen molar-refractivity contribution in [2.75, 3.05) is 0 Å². The summed E-state index contributed by atoms with van der Waals surface area (Å²) in [5.74, 6) is 0. The predicted octanol–water partition coefficient (Wildman–Crippen LogP) is -1.67. The van der Waals surface area contributed by atoms with Crippen molar-refractivity contribution >= 4 is 19.4 Å². The maximum atomic E-state index is 0. The molecule has 3 radical (unpaired) electrons. The average Bonchev–Trinajstić information content (AvgIpc) is 0. The van der Waals surface area contributed by atoms with E-state index in [1.807, 2.05) is 0 Å². The van der Waals surface area contributed by atoms with Gasteiger partial charge in [-0.1, -0.05) is 0 Å². The molecular formula is H7BNPtSi. The second kappa shape index (κ2) is 39.0. The molecule has 0 aliphatic heterocycles. The first-order chi connectivity index (χ1) is 0. The normalized spacial score (nSPS) is 0. The fourth-order valence-electron chi connectivity index (χ4n) is 0. The van der Waals surface area contributed by atoms with E-state index >= 15 is 0 Å². The van der Waals surface area contributed by atoms with Gasteiger partial charge in [0, 0.05) is 29.5 Å². The molecule has 1 nitrogen and oxygen atoms in total. The molecule has 0 saturated heterocycles. The van der Waals surface area contributed by atoms with Gasteiger partial charge in [0.2, 0.25) is 0 Å². The zero-order valence-electron chi connectivity index (χ0n) is 1.60. The van der Waals surface area contributed by atoms with Gasteiger partial charge in [0.15, 0.2) is 0 Å². The van der Waals surface area contributed by atoms with E-state index in [4.69, 9.17) is 0 Å². The molecule has 0 heterocycles. The van der Waals surface area contributed by atoms with Gasteiger partial charge in [0.1, 0.15) is 0 Å². The third-order valence-corrected chi connectivity index (χ3v) is 0. The van der Waals surface area contributed by atoms with Crippen LogP contribution in [-0.2, 0) is 21.1 Å². The van der Waals surface area contributed by atoms with Gasteiger partial charge >= 0.3 is 0 Å². The Morgan fingerprint density at radius 2 is 1.00 bits per heavy atom. The van der Waals surface area contributed by atoms with Crippen LogP contribution in [0.2, 0.25) is 0 Å². The second-order valence-corrected chi connectivity index (χ2v) is 0. The van der Waals surface area contributed by atoms with Crippen LogP contribution in [0.15, 0.2) is 0 Å². The Morgan fingerprint density at radius 1 is 1.00 bits per heavy atom. The molecule has 3 N–H and O–H groups in total. The first kappa shape index (κ1) is 88.0. The van der Waals surface area contributed by atoms with Gasteiger partial charge in [-0.05, 0) is 11.0 Å². The van der Waals surface area contributed by atoms with Crippen molar-refractivity contribution in [3.8, 4) is 0 Å². The number of hydrogen-bond acceptors (Lipinski definition) is 1. The van der Waals surface area contributed by atoms with E-state index in [0.717, 1.165) is 0 Å². The Hall–Kier alpha value is 0.930. The standard InChI is InChI=1S/B.H3N.Pt.H4Si/h;1H3;;1H4. The van der Waals surface area contributed by atoms with Crippen LogP contribution in [0.5, 0.6) is 0 Å². The van der Waals surface area contributed by atoms with E-state index < -0.39 is 0 Å². The van der Waals surface area contributed by atoms with E-state index in [1.54, 1.807) is 0 Å². The van der Waals surface area contributed by atoms with Crippen molar-refractivity contribution in [1.82, 2.24) is 6.15 Å². The van der Waals surface area contributed by atoms with Gasteiger partial charge in [-0.15, -0.1) is 0 Å². The van der Waals surface area contributed by atoms with Gasteiger partial charge in [0.05, 0.1) is 0 Å². The molecule has 4 heavy (non-hydrogen) atoms. The molecule has 0 aliphatic rings. The van der Waals surface area contributed by atoms with Crippen LogP contribution in [-0.4, -0.2) is 19.4 Å².